The number of nitrogens with one attached hydrogen (secondary N) is 1. The molecule has 3 aromatic carbocycles. The summed E-state index contributed by atoms with van der Waals surface area (Å²) in [7, 11) is -2.53. The predicted molar refractivity (Wildman–Crippen MR) is 158 cm³/mol. The van der Waals surface area contributed by atoms with Gasteiger partial charge in [-0.1, -0.05) is 62.7 Å². The fraction of sp³-hybridized carbons (Fsp3) is 0.355. The number of anilines is 1. The van der Waals surface area contributed by atoms with Crippen molar-refractivity contribution >= 4 is 27.5 Å². The molecule has 40 heavy (non-hydrogen) atoms. The largest absolute Gasteiger partial charge is 0.497 e. The van der Waals surface area contributed by atoms with Crippen LogP contribution in [0.2, 0.25) is 0 Å². The highest BCUT2D eigenvalue weighted by Crippen LogP contribution is 2.25. The molecular formula is C31H39N3O5S. The number of ether oxygens (including phenoxy) is 1. The Morgan fingerprint density at radius 2 is 1.62 bits per heavy atom. The number of rotatable bonds is 14. The van der Waals surface area contributed by atoms with Gasteiger partial charge in [-0.05, 0) is 67.3 Å². The summed E-state index contributed by atoms with van der Waals surface area (Å²) >= 11 is 0. The molecule has 0 bridgehead atoms. The fourth-order valence-electron chi connectivity index (χ4n) is 4.23. The van der Waals surface area contributed by atoms with Gasteiger partial charge < -0.3 is 15.0 Å². The Labute approximate surface area is 238 Å². The summed E-state index contributed by atoms with van der Waals surface area (Å²) in [4.78, 5) is 28.5. The second-order valence-electron chi connectivity index (χ2n) is 9.54. The number of aryl methyl sites for hydroxylation is 1. The third-order valence-electron chi connectivity index (χ3n) is 6.73. The molecule has 0 aliphatic heterocycles. The molecular weight excluding hydrogens is 526 g/mol. The third-order valence-corrected chi connectivity index (χ3v) is 8.51. The summed E-state index contributed by atoms with van der Waals surface area (Å²) in [6, 6.07) is 21.6. The van der Waals surface area contributed by atoms with Crippen LogP contribution in [0.1, 0.15) is 44.7 Å². The quantitative estimate of drug-likeness (QED) is 0.284. The van der Waals surface area contributed by atoms with Crippen molar-refractivity contribution in [3.63, 3.8) is 0 Å². The van der Waals surface area contributed by atoms with Crippen molar-refractivity contribution < 1.29 is 22.7 Å². The van der Waals surface area contributed by atoms with E-state index in [4.69, 9.17) is 4.74 Å². The maximum atomic E-state index is 14.0. The molecule has 1 N–H and O–H groups in total. The zero-order valence-electron chi connectivity index (χ0n) is 23.7. The van der Waals surface area contributed by atoms with Gasteiger partial charge in [0.25, 0.3) is 10.0 Å². The number of hydrogen-bond donors (Lipinski definition) is 1. The van der Waals surface area contributed by atoms with Crippen molar-refractivity contribution in [3.05, 3.63) is 90.0 Å². The van der Waals surface area contributed by atoms with Crippen LogP contribution in [0.15, 0.2) is 83.8 Å². The number of amides is 2. The second kappa shape index (κ2) is 14.5. The lowest BCUT2D eigenvalue weighted by Crippen LogP contribution is -2.51. The molecule has 0 saturated carbocycles. The molecule has 0 aliphatic rings. The maximum Gasteiger partial charge on any atom is 0.264 e. The van der Waals surface area contributed by atoms with Crippen molar-refractivity contribution in [2.45, 2.75) is 57.5 Å². The van der Waals surface area contributed by atoms with Gasteiger partial charge in [-0.15, -0.1) is 0 Å². The summed E-state index contributed by atoms with van der Waals surface area (Å²) in [5, 5.41) is 2.89. The van der Waals surface area contributed by atoms with Gasteiger partial charge in [0, 0.05) is 13.1 Å². The van der Waals surface area contributed by atoms with Crippen LogP contribution in [0.3, 0.4) is 0 Å². The highest BCUT2D eigenvalue weighted by atomic mass is 32.2. The van der Waals surface area contributed by atoms with E-state index in [0.29, 0.717) is 18.0 Å². The first-order chi connectivity index (χ1) is 19.2. The molecule has 1 atom stereocenters. The lowest BCUT2D eigenvalue weighted by atomic mass is 10.1. The van der Waals surface area contributed by atoms with Crippen LogP contribution < -0.4 is 14.4 Å². The van der Waals surface area contributed by atoms with E-state index in [2.05, 4.69) is 5.32 Å². The Morgan fingerprint density at radius 1 is 0.925 bits per heavy atom. The van der Waals surface area contributed by atoms with E-state index in [0.717, 1.165) is 34.7 Å². The number of hydrogen-bond acceptors (Lipinski definition) is 5. The number of nitrogens with zero attached hydrogens (tertiary/aromatic N) is 2. The van der Waals surface area contributed by atoms with Gasteiger partial charge in [0.2, 0.25) is 11.8 Å². The number of unbranched alkanes of at least 4 members (excludes halogenated alkanes) is 1. The van der Waals surface area contributed by atoms with E-state index in [1.165, 1.54) is 17.0 Å². The number of carbonyl (C=O) groups is 2. The highest BCUT2D eigenvalue weighted by molar-refractivity contribution is 7.92. The molecule has 8 nitrogen and oxygen atoms in total. The number of benzene rings is 3. The summed E-state index contributed by atoms with van der Waals surface area (Å²) < 4.78 is 34.1. The molecule has 0 heterocycles. The van der Waals surface area contributed by atoms with Gasteiger partial charge in [0.1, 0.15) is 18.3 Å². The summed E-state index contributed by atoms with van der Waals surface area (Å²) in [5.74, 6) is -0.177. The fourth-order valence-corrected chi connectivity index (χ4v) is 5.67. The van der Waals surface area contributed by atoms with Gasteiger partial charge in [-0.25, -0.2) is 8.42 Å². The highest BCUT2D eigenvalue weighted by Gasteiger charge is 2.32. The van der Waals surface area contributed by atoms with Crippen LogP contribution in [0.4, 0.5) is 5.69 Å². The minimum Gasteiger partial charge on any atom is -0.497 e. The third kappa shape index (κ3) is 7.85. The zero-order chi connectivity index (χ0) is 29.1. The Balaban J connectivity index is 2.00. The van der Waals surface area contributed by atoms with E-state index >= 15 is 0 Å². The van der Waals surface area contributed by atoms with Crippen molar-refractivity contribution in [2.24, 2.45) is 0 Å². The average molecular weight is 566 g/mol. The molecule has 2 amide bonds. The molecule has 0 saturated heterocycles. The maximum absolute atomic E-state index is 14.0. The van der Waals surface area contributed by atoms with Gasteiger partial charge in [-0.3, -0.25) is 13.9 Å². The monoisotopic (exact) mass is 565 g/mol. The molecule has 0 spiro atoms. The molecule has 0 aromatic heterocycles. The summed E-state index contributed by atoms with van der Waals surface area (Å²) in [6.07, 6.45) is 2.53. The Morgan fingerprint density at radius 3 is 2.25 bits per heavy atom. The number of methoxy groups -OCH3 is 1. The van der Waals surface area contributed by atoms with Gasteiger partial charge in [0.05, 0.1) is 17.7 Å². The molecule has 214 valence electrons. The lowest BCUT2D eigenvalue weighted by molar-refractivity contribution is -0.139. The summed E-state index contributed by atoms with van der Waals surface area (Å²) in [6.45, 7) is 5.83. The van der Waals surface area contributed by atoms with E-state index in [1.54, 1.807) is 56.5 Å². The Bertz CT molecular complexity index is 1360. The van der Waals surface area contributed by atoms with E-state index < -0.39 is 28.5 Å². The first-order valence-electron chi connectivity index (χ1n) is 13.6. The topological polar surface area (TPSA) is 96.0 Å². The SMILES string of the molecule is CCCCNC(=O)[C@H](C)N(Cc1cccc(OC)c1)C(=O)CN(c1ccc(CC)cc1)S(=O)(=O)c1ccccc1. The van der Waals surface area contributed by atoms with Gasteiger partial charge in [0.15, 0.2) is 0 Å². The molecule has 0 fully saturated rings. The van der Waals surface area contributed by atoms with Gasteiger partial charge >= 0.3 is 0 Å². The van der Waals surface area contributed by atoms with E-state index in [9.17, 15) is 18.0 Å². The van der Waals surface area contributed by atoms with Crippen LogP contribution in [0, 0.1) is 0 Å². The minimum absolute atomic E-state index is 0.0760. The van der Waals surface area contributed by atoms with Crippen molar-refractivity contribution in [1.82, 2.24) is 10.2 Å². The van der Waals surface area contributed by atoms with Crippen molar-refractivity contribution in [1.29, 1.82) is 0 Å². The molecule has 3 rings (SSSR count). The first kappa shape index (κ1) is 30.7. The van der Waals surface area contributed by atoms with Crippen LogP contribution in [0.5, 0.6) is 5.75 Å². The molecule has 9 heteroatoms. The smallest absolute Gasteiger partial charge is 0.264 e. The number of sulfonamides is 1. The Hall–Kier alpha value is -3.85. The Kier molecular flexibility index (Phi) is 11.1. The molecule has 0 radical (unpaired) electrons. The van der Waals surface area contributed by atoms with Crippen LogP contribution in [0.25, 0.3) is 0 Å². The zero-order valence-corrected chi connectivity index (χ0v) is 24.5. The van der Waals surface area contributed by atoms with E-state index in [-0.39, 0.29) is 17.3 Å². The summed E-state index contributed by atoms with van der Waals surface area (Å²) in [5.41, 5.74) is 2.17. The van der Waals surface area contributed by atoms with Crippen molar-refractivity contribution in [2.75, 3.05) is 24.5 Å². The second-order valence-corrected chi connectivity index (χ2v) is 11.4. The number of carbonyl (C=O) groups excluding carboxylic acids is 2. The molecule has 0 aliphatic carbocycles. The van der Waals surface area contributed by atoms with Crippen LogP contribution >= 0.6 is 0 Å². The average Bonchev–Trinajstić information content (AvgIpc) is 2.98. The minimum atomic E-state index is -4.08. The van der Waals surface area contributed by atoms with Crippen LogP contribution in [-0.4, -0.2) is 51.4 Å². The lowest BCUT2D eigenvalue weighted by Gasteiger charge is -2.32. The first-order valence-corrected chi connectivity index (χ1v) is 15.0. The molecule has 0 unspecified atom stereocenters. The molecule has 3 aromatic rings. The normalized spacial score (nSPS) is 11.9. The van der Waals surface area contributed by atoms with E-state index in [1.807, 2.05) is 38.1 Å². The van der Waals surface area contributed by atoms with Crippen LogP contribution in [-0.2, 0) is 32.6 Å². The predicted octanol–water partition coefficient (Wildman–Crippen LogP) is 4.79. The standard InChI is InChI=1S/C31H39N3O5S/c1-5-7-20-32-31(36)24(3)33(22-26-12-11-13-28(21-26)39-4)30(35)23-34(27-18-16-25(6-2)17-19-27)40(37,38)29-14-9-8-10-15-29/h8-19,21,24H,5-7,20,22-23H2,1-4H3,(H,32,36)/t24-/m0/s1. The van der Waals surface area contributed by atoms with Crippen molar-refractivity contribution in [3.8, 4) is 5.75 Å². The van der Waals surface area contributed by atoms with Gasteiger partial charge in [-0.2, -0.15) is 0 Å².